The van der Waals surface area contributed by atoms with Crippen LogP contribution in [0.5, 0.6) is 0 Å². The first kappa shape index (κ1) is 13.2. The van der Waals surface area contributed by atoms with E-state index in [2.05, 4.69) is 46.9 Å². The maximum Gasteiger partial charge on any atom is 0.355 e. The van der Waals surface area contributed by atoms with E-state index >= 15 is 0 Å². The number of aromatic nitrogens is 3. The Morgan fingerprint density at radius 2 is 2.10 bits per heavy atom. The first-order chi connectivity index (χ1) is 9.41. The summed E-state index contributed by atoms with van der Waals surface area (Å²) in [6.45, 7) is 4.25. The number of nitrogens with zero attached hydrogens (tertiary/aromatic N) is 3. The van der Waals surface area contributed by atoms with Gasteiger partial charge in [-0.25, -0.2) is 9.78 Å². The van der Waals surface area contributed by atoms with Gasteiger partial charge in [0.2, 0.25) is 5.78 Å². The second-order valence-corrected chi connectivity index (χ2v) is 5.90. The molecule has 0 amide bonds. The fourth-order valence-corrected chi connectivity index (χ4v) is 3.22. The second kappa shape index (κ2) is 4.34. The Hall–Kier alpha value is -1.82. The van der Waals surface area contributed by atoms with Crippen LogP contribution in [-0.4, -0.2) is 25.0 Å². The third-order valence-corrected chi connectivity index (χ3v) is 4.29. The minimum absolute atomic E-state index is 0.198. The standard InChI is InChI=1S/C14H14BrN3O2/c1-7(2)8-4-5-9-10(6-8)18-12(15)11(13(19)20)17(3)14(18)16-9/h4-7H,1-3H3,(H,19,20). The molecule has 2 heterocycles. The molecule has 1 N–H and O–H groups in total. The van der Waals surface area contributed by atoms with E-state index in [9.17, 15) is 9.90 Å². The van der Waals surface area contributed by atoms with Crippen molar-refractivity contribution in [1.29, 1.82) is 0 Å². The van der Waals surface area contributed by atoms with Crippen molar-refractivity contribution in [1.82, 2.24) is 14.0 Å². The summed E-state index contributed by atoms with van der Waals surface area (Å²) >= 11 is 3.39. The molecule has 0 spiro atoms. The lowest BCUT2D eigenvalue weighted by atomic mass is 10.0. The average Bonchev–Trinajstić information content (AvgIpc) is 2.85. The molecule has 2 aromatic heterocycles. The number of carboxylic acids is 1. The maximum absolute atomic E-state index is 11.3. The zero-order chi connectivity index (χ0) is 14.6. The zero-order valence-electron chi connectivity index (χ0n) is 11.4. The summed E-state index contributed by atoms with van der Waals surface area (Å²) in [5.74, 6) is 0.0506. The van der Waals surface area contributed by atoms with Crippen molar-refractivity contribution in [2.24, 2.45) is 7.05 Å². The predicted octanol–water partition coefficient (Wildman–Crippen LogP) is 3.41. The van der Waals surface area contributed by atoms with Gasteiger partial charge in [0, 0.05) is 7.05 Å². The third kappa shape index (κ3) is 1.67. The van der Waals surface area contributed by atoms with Gasteiger partial charge in [-0.05, 0) is 39.5 Å². The van der Waals surface area contributed by atoms with Crippen molar-refractivity contribution >= 4 is 38.7 Å². The van der Waals surface area contributed by atoms with E-state index in [-0.39, 0.29) is 5.69 Å². The number of hydrogen-bond donors (Lipinski definition) is 1. The molecule has 0 radical (unpaired) electrons. The molecule has 0 atom stereocenters. The van der Waals surface area contributed by atoms with Crippen molar-refractivity contribution < 1.29 is 9.90 Å². The largest absolute Gasteiger partial charge is 0.476 e. The van der Waals surface area contributed by atoms with Gasteiger partial charge in [-0.3, -0.25) is 4.40 Å². The monoisotopic (exact) mass is 335 g/mol. The molecule has 5 nitrogen and oxygen atoms in total. The Bertz CT molecular complexity index is 845. The molecule has 104 valence electrons. The summed E-state index contributed by atoms with van der Waals surface area (Å²) in [6, 6.07) is 6.10. The molecular weight excluding hydrogens is 322 g/mol. The summed E-state index contributed by atoms with van der Waals surface area (Å²) in [7, 11) is 1.71. The normalized spacial score (nSPS) is 11.8. The lowest BCUT2D eigenvalue weighted by Gasteiger charge is -2.04. The van der Waals surface area contributed by atoms with Crippen LogP contribution in [0.4, 0.5) is 0 Å². The predicted molar refractivity (Wildman–Crippen MR) is 80.4 cm³/mol. The molecule has 3 rings (SSSR count). The van der Waals surface area contributed by atoms with Gasteiger partial charge in [-0.1, -0.05) is 19.9 Å². The molecular formula is C14H14BrN3O2. The Morgan fingerprint density at radius 1 is 1.40 bits per heavy atom. The molecule has 0 unspecified atom stereocenters. The quantitative estimate of drug-likeness (QED) is 0.780. The average molecular weight is 336 g/mol. The topological polar surface area (TPSA) is 59.5 Å². The molecule has 3 aromatic rings. The first-order valence-electron chi connectivity index (χ1n) is 6.31. The van der Waals surface area contributed by atoms with Crippen molar-refractivity contribution in [2.75, 3.05) is 0 Å². The molecule has 6 heteroatoms. The smallest absolute Gasteiger partial charge is 0.355 e. The first-order valence-corrected chi connectivity index (χ1v) is 7.10. The summed E-state index contributed by atoms with van der Waals surface area (Å²) in [6.07, 6.45) is 0. The van der Waals surface area contributed by atoms with E-state index in [1.807, 2.05) is 10.5 Å². The molecule has 0 aliphatic heterocycles. The van der Waals surface area contributed by atoms with Gasteiger partial charge in [0.1, 0.15) is 4.60 Å². The Morgan fingerprint density at radius 3 is 2.70 bits per heavy atom. The van der Waals surface area contributed by atoms with Crippen LogP contribution in [0.25, 0.3) is 16.8 Å². The number of benzene rings is 1. The number of aryl methyl sites for hydroxylation is 1. The van der Waals surface area contributed by atoms with Gasteiger partial charge < -0.3 is 9.67 Å². The molecule has 1 aromatic carbocycles. The number of carbonyl (C=O) groups is 1. The molecule has 0 bridgehead atoms. The van der Waals surface area contributed by atoms with Gasteiger partial charge in [-0.2, -0.15) is 0 Å². The van der Waals surface area contributed by atoms with Crippen LogP contribution in [0, 0.1) is 0 Å². The van der Waals surface area contributed by atoms with Crippen molar-refractivity contribution in [3.63, 3.8) is 0 Å². The minimum Gasteiger partial charge on any atom is -0.476 e. The van der Waals surface area contributed by atoms with Crippen LogP contribution in [0.2, 0.25) is 0 Å². The molecule has 0 saturated carbocycles. The van der Waals surface area contributed by atoms with E-state index in [1.54, 1.807) is 11.6 Å². The van der Waals surface area contributed by atoms with Crippen LogP contribution in [-0.2, 0) is 7.05 Å². The van der Waals surface area contributed by atoms with Crippen LogP contribution in [0.1, 0.15) is 35.8 Å². The summed E-state index contributed by atoms with van der Waals surface area (Å²) < 4.78 is 3.94. The highest BCUT2D eigenvalue weighted by atomic mass is 79.9. The Labute approximate surface area is 124 Å². The van der Waals surface area contributed by atoms with Crippen LogP contribution in [0.3, 0.4) is 0 Å². The Kier molecular flexibility index (Phi) is 2.86. The number of rotatable bonds is 2. The minimum atomic E-state index is -0.974. The number of imidazole rings is 2. The van der Waals surface area contributed by atoms with E-state index in [4.69, 9.17) is 0 Å². The highest BCUT2D eigenvalue weighted by molar-refractivity contribution is 9.10. The summed E-state index contributed by atoms with van der Waals surface area (Å²) in [5, 5.41) is 9.29. The molecule has 0 saturated heterocycles. The highest BCUT2D eigenvalue weighted by Crippen LogP contribution is 2.29. The van der Waals surface area contributed by atoms with Crippen LogP contribution >= 0.6 is 15.9 Å². The lowest BCUT2D eigenvalue weighted by Crippen LogP contribution is -2.05. The molecule has 0 fully saturated rings. The molecule has 20 heavy (non-hydrogen) atoms. The SMILES string of the molecule is CC(C)c1ccc2nc3n(C)c(C(=O)O)c(Br)n3c2c1. The number of halogens is 1. The number of aromatic carboxylic acids is 1. The number of fused-ring (bicyclic) bond motifs is 3. The maximum atomic E-state index is 11.3. The van der Waals surface area contributed by atoms with E-state index < -0.39 is 5.97 Å². The van der Waals surface area contributed by atoms with E-state index in [1.165, 1.54) is 5.56 Å². The third-order valence-electron chi connectivity index (χ3n) is 3.56. The van der Waals surface area contributed by atoms with E-state index in [0.29, 0.717) is 16.3 Å². The number of carboxylic acid groups (broad SMARTS) is 1. The van der Waals surface area contributed by atoms with Gasteiger partial charge in [-0.15, -0.1) is 0 Å². The van der Waals surface area contributed by atoms with Gasteiger partial charge >= 0.3 is 5.97 Å². The molecule has 0 aliphatic rings. The van der Waals surface area contributed by atoms with Crippen LogP contribution < -0.4 is 0 Å². The fourth-order valence-electron chi connectivity index (χ4n) is 2.43. The summed E-state index contributed by atoms with van der Waals surface area (Å²) in [5.41, 5.74) is 3.18. The van der Waals surface area contributed by atoms with Crippen molar-refractivity contribution in [2.45, 2.75) is 19.8 Å². The lowest BCUT2D eigenvalue weighted by molar-refractivity contribution is 0.0685. The fraction of sp³-hybridized carbons (Fsp3) is 0.286. The highest BCUT2D eigenvalue weighted by Gasteiger charge is 2.22. The van der Waals surface area contributed by atoms with Gasteiger partial charge in [0.15, 0.2) is 5.69 Å². The van der Waals surface area contributed by atoms with Crippen LogP contribution in [0.15, 0.2) is 22.8 Å². The van der Waals surface area contributed by atoms with E-state index in [0.717, 1.165) is 11.0 Å². The summed E-state index contributed by atoms with van der Waals surface area (Å²) in [4.78, 5) is 15.8. The molecule has 0 aliphatic carbocycles. The zero-order valence-corrected chi connectivity index (χ0v) is 13.0. The second-order valence-electron chi connectivity index (χ2n) is 5.15. The number of hydrogen-bond acceptors (Lipinski definition) is 2. The van der Waals surface area contributed by atoms with Gasteiger partial charge in [0.25, 0.3) is 0 Å². The van der Waals surface area contributed by atoms with Crippen molar-refractivity contribution in [3.8, 4) is 0 Å². The van der Waals surface area contributed by atoms with Crippen molar-refractivity contribution in [3.05, 3.63) is 34.1 Å². The Balaban J connectivity index is 2.44. The van der Waals surface area contributed by atoms with Gasteiger partial charge in [0.05, 0.1) is 11.0 Å².